The van der Waals surface area contributed by atoms with Crippen molar-refractivity contribution in [3.63, 3.8) is 0 Å². The SMILES string of the molecule is CC(C)N(C(=O)[C@H]1CC(=O)c2ccccc2[C@@H]1C)C(C)C. The number of fused-ring (bicyclic) bond motifs is 1. The molecule has 1 aliphatic carbocycles. The van der Waals surface area contributed by atoms with Gasteiger partial charge in [0, 0.05) is 24.1 Å². The molecular formula is C18H25NO2. The smallest absolute Gasteiger partial charge is 0.227 e. The fourth-order valence-electron chi connectivity index (χ4n) is 3.45. The van der Waals surface area contributed by atoms with Crippen molar-refractivity contribution < 1.29 is 9.59 Å². The molecule has 0 aromatic heterocycles. The van der Waals surface area contributed by atoms with E-state index in [4.69, 9.17) is 0 Å². The molecule has 1 amide bonds. The van der Waals surface area contributed by atoms with Gasteiger partial charge in [-0.15, -0.1) is 0 Å². The number of carbonyl (C=O) groups is 2. The fourth-order valence-corrected chi connectivity index (χ4v) is 3.45. The Balaban J connectivity index is 2.34. The second kappa shape index (κ2) is 6.00. The van der Waals surface area contributed by atoms with Crippen molar-refractivity contribution in [2.75, 3.05) is 0 Å². The molecule has 0 heterocycles. The molecule has 3 nitrogen and oxygen atoms in total. The zero-order chi connectivity index (χ0) is 15.7. The van der Waals surface area contributed by atoms with Gasteiger partial charge in [0.25, 0.3) is 0 Å². The van der Waals surface area contributed by atoms with Gasteiger partial charge in [0.2, 0.25) is 5.91 Å². The average molecular weight is 287 g/mol. The van der Waals surface area contributed by atoms with Gasteiger partial charge in [-0.1, -0.05) is 31.2 Å². The number of nitrogens with zero attached hydrogens (tertiary/aromatic N) is 1. The van der Waals surface area contributed by atoms with Gasteiger partial charge in [-0.3, -0.25) is 9.59 Å². The lowest BCUT2D eigenvalue weighted by Gasteiger charge is -2.37. The predicted octanol–water partition coefficient (Wildman–Crippen LogP) is 3.64. The highest BCUT2D eigenvalue weighted by molar-refractivity contribution is 6.02. The standard InChI is InChI=1S/C18H25NO2/c1-11(2)19(12(3)4)18(21)16-10-17(20)15-9-7-6-8-14(15)13(16)5/h6-9,11-13,16H,10H2,1-5H3/t13-,16-/m0/s1. The quantitative estimate of drug-likeness (QED) is 0.851. The maximum atomic E-state index is 12.9. The molecule has 0 unspecified atom stereocenters. The van der Waals surface area contributed by atoms with Crippen LogP contribution in [-0.4, -0.2) is 28.7 Å². The van der Waals surface area contributed by atoms with E-state index in [2.05, 4.69) is 6.92 Å². The van der Waals surface area contributed by atoms with E-state index in [1.54, 1.807) is 0 Å². The molecule has 2 rings (SSSR count). The van der Waals surface area contributed by atoms with E-state index in [1.807, 2.05) is 56.9 Å². The van der Waals surface area contributed by atoms with Crippen molar-refractivity contribution >= 4 is 11.7 Å². The second-order valence-corrected chi connectivity index (χ2v) is 6.54. The van der Waals surface area contributed by atoms with Gasteiger partial charge < -0.3 is 4.90 Å². The third-order valence-electron chi connectivity index (χ3n) is 4.44. The number of rotatable bonds is 3. The van der Waals surface area contributed by atoms with Gasteiger partial charge in [-0.2, -0.15) is 0 Å². The van der Waals surface area contributed by atoms with Gasteiger partial charge in [-0.05, 0) is 39.2 Å². The molecular weight excluding hydrogens is 262 g/mol. The largest absolute Gasteiger partial charge is 0.338 e. The lowest BCUT2D eigenvalue weighted by molar-refractivity contribution is -0.140. The van der Waals surface area contributed by atoms with E-state index in [-0.39, 0.29) is 35.6 Å². The minimum absolute atomic E-state index is 0.0893. The molecule has 0 radical (unpaired) electrons. The Morgan fingerprint density at radius 2 is 1.71 bits per heavy atom. The highest BCUT2D eigenvalue weighted by atomic mass is 16.2. The summed E-state index contributed by atoms with van der Waals surface area (Å²) in [6, 6.07) is 7.98. The van der Waals surface area contributed by atoms with Crippen LogP contribution in [-0.2, 0) is 4.79 Å². The first-order valence-corrected chi connectivity index (χ1v) is 7.78. The number of ketones is 1. The third-order valence-corrected chi connectivity index (χ3v) is 4.44. The van der Waals surface area contributed by atoms with Crippen LogP contribution in [0.3, 0.4) is 0 Å². The van der Waals surface area contributed by atoms with Gasteiger partial charge >= 0.3 is 0 Å². The molecule has 21 heavy (non-hydrogen) atoms. The zero-order valence-corrected chi connectivity index (χ0v) is 13.6. The number of hydrogen-bond donors (Lipinski definition) is 0. The molecule has 0 bridgehead atoms. The Labute approximate surface area is 127 Å². The summed E-state index contributed by atoms with van der Waals surface area (Å²) in [5.41, 5.74) is 1.80. The highest BCUT2D eigenvalue weighted by Crippen LogP contribution is 2.37. The van der Waals surface area contributed by atoms with Crippen LogP contribution in [0.25, 0.3) is 0 Å². The Morgan fingerprint density at radius 3 is 2.29 bits per heavy atom. The molecule has 0 fully saturated rings. The van der Waals surface area contributed by atoms with Crippen LogP contribution in [0.15, 0.2) is 24.3 Å². The molecule has 1 aromatic carbocycles. The zero-order valence-electron chi connectivity index (χ0n) is 13.6. The molecule has 0 saturated heterocycles. The van der Waals surface area contributed by atoms with E-state index in [1.165, 1.54) is 0 Å². The van der Waals surface area contributed by atoms with E-state index >= 15 is 0 Å². The number of carbonyl (C=O) groups excluding carboxylic acids is 2. The van der Waals surface area contributed by atoms with Crippen LogP contribution in [0.5, 0.6) is 0 Å². The van der Waals surface area contributed by atoms with Gasteiger partial charge in [0.1, 0.15) is 0 Å². The van der Waals surface area contributed by atoms with Gasteiger partial charge in [-0.25, -0.2) is 0 Å². The molecule has 114 valence electrons. The number of hydrogen-bond acceptors (Lipinski definition) is 2. The Hall–Kier alpha value is -1.64. The van der Waals surface area contributed by atoms with Crippen LogP contribution in [0, 0.1) is 5.92 Å². The minimum atomic E-state index is -0.239. The van der Waals surface area contributed by atoms with Crippen molar-refractivity contribution in [2.24, 2.45) is 5.92 Å². The molecule has 0 spiro atoms. The summed E-state index contributed by atoms with van der Waals surface area (Å²) in [6.45, 7) is 10.2. The molecule has 2 atom stereocenters. The Morgan fingerprint density at radius 1 is 1.14 bits per heavy atom. The minimum Gasteiger partial charge on any atom is -0.338 e. The van der Waals surface area contributed by atoms with Crippen LogP contribution < -0.4 is 0 Å². The molecule has 0 saturated carbocycles. The summed E-state index contributed by atoms with van der Waals surface area (Å²) in [4.78, 5) is 27.2. The van der Waals surface area contributed by atoms with Crippen molar-refractivity contribution in [1.82, 2.24) is 4.90 Å². The molecule has 0 N–H and O–H groups in total. The van der Waals surface area contributed by atoms with Crippen LogP contribution in [0.2, 0.25) is 0 Å². The summed E-state index contributed by atoms with van der Waals surface area (Å²) < 4.78 is 0. The Bertz CT molecular complexity index is 540. The van der Waals surface area contributed by atoms with E-state index in [0.717, 1.165) is 11.1 Å². The van der Waals surface area contributed by atoms with Gasteiger partial charge in [0.15, 0.2) is 5.78 Å². The van der Waals surface area contributed by atoms with Crippen molar-refractivity contribution in [3.05, 3.63) is 35.4 Å². The number of benzene rings is 1. The first-order valence-electron chi connectivity index (χ1n) is 7.78. The van der Waals surface area contributed by atoms with Crippen molar-refractivity contribution in [1.29, 1.82) is 0 Å². The fraction of sp³-hybridized carbons (Fsp3) is 0.556. The van der Waals surface area contributed by atoms with Crippen LogP contribution in [0.4, 0.5) is 0 Å². The topological polar surface area (TPSA) is 37.4 Å². The molecule has 3 heteroatoms. The summed E-state index contributed by atoms with van der Waals surface area (Å²) in [7, 11) is 0. The highest BCUT2D eigenvalue weighted by Gasteiger charge is 2.38. The average Bonchev–Trinajstić information content (AvgIpc) is 2.42. The molecule has 1 aromatic rings. The normalized spacial score (nSPS) is 21.6. The van der Waals surface area contributed by atoms with Crippen LogP contribution in [0.1, 0.15) is 62.9 Å². The Kier molecular flexibility index (Phi) is 4.50. The first-order chi connectivity index (χ1) is 9.84. The third kappa shape index (κ3) is 2.87. The first kappa shape index (κ1) is 15.7. The van der Waals surface area contributed by atoms with Crippen LogP contribution >= 0.6 is 0 Å². The maximum absolute atomic E-state index is 12.9. The van der Waals surface area contributed by atoms with Gasteiger partial charge in [0.05, 0.1) is 5.92 Å². The number of amides is 1. The van der Waals surface area contributed by atoms with Crippen molar-refractivity contribution in [2.45, 2.75) is 59.0 Å². The summed E-state index contributed by atoms with van der Waals surface area (Å²) >= 11 is 0. The summed E-state index contributed by atoms with van der Waals surface area (Å²) in [5, 5.41) is 0. The monoisotopic (exact) mass is 287 g/mol. The summed E-state index contributed by atoms with van der Waals surface area (Å²) in [6.07, 6.45) is 0.326. The van der Waals surface area contributed by atoms with E-state index in [0.29, 0.717) is 6.42 Å². The molecule has 0 aliphatic heterocycles. The van der Waals surface area contributed by atoms with E-state index in [9.17, 15) is 9.59 Å². The van der Waals surface area contributed by atoms with E-state index < -0.39 is 0 Å². The maximum Gasteiger partial charge on any atom is 0.227 e. The lowest BCUT2D eigenvalue weighted by atomic mass is 9.74. The summed E-state index contributed by atoms with van der Waals surface area (Å²) in [5.74, 6) is 0.0495. The van der Waals surface area contributed by atoms with Crippen molar-refractivity contribution in [3.8, 4) is 0 Å². The second-order valence-electron chi connectivity index (χ2n) is 6.54. The predicted molar refractivity (Wildman–Crippen MR) is 84.4 cm³/mol. The molecule has 1 aliphatic rings. The lowest BCUT2D eigenvalue weighted by Crippen LogP contribution is -2.47. The number of Topliss-reactive ketones (excluding diaryl/α,β-unsaturated/α-hetero) is 1.